The first-order valence-electron chi connectivity index (χ1n) is 6.71. The molecule has 120 valence electrons. The highest BCUT2D eigenvalue weighted by Crippen LogP contribution is 2.15. The maximum Gasteiger partial charge on any atom is 0.381 e. The molecular weight excluding hydrogens is 302 g/mol. The lowest BCUT2D eigenvalue weighted by Gasteiger charge is -2.08. The van der Waals surface area contributed by atoms with Gasteiger partial charge in [0.2, 0.25) is 17.6 Å². The van der Waals surface area contributed by atoms with Gasteiger partial charge in [-0.25, -0.2) is 0 Å². The molecule has 1 heterocycles. The van der Waals surface area contributed by atoms with Crippen molar-refractivity contribution in [2.75, 3.05) is 10.6 Å². The molecule has 0 atom stereocenters. The minimum atomic E-state index is -0.613. The summed E-state index contributed by atoms with van der Waals surface area (Å²) >= 11 is 0. The van der Waals surface area contributed by atoms with E-state index in [4.69, 9.17) is 0 Å². The van der Waals surface area contributed by atoms with Gasteiger partial charge in [-0.1, -0.05) is 6.07 Å². The molecule has 2 amide bonds. The average molecular weight is 317 g/mol. The van der Waals surface area contributed by atoms with Crippen LogP contribution in [0.15, 0.2) is 30.5 Å². The van der Waals surface area contributed by atoms with Crippen LogP contribution in [0.25, 0.3) is 0 Å². The first kappa shape index (κ1) is 16.1. The fraction of sp³-hybridized carbons (Fsp3) is 0.214. The van der Waals surface area contributed by atoms with Crippen molar-refractivity contribution in [2.45, 2.75) is 20.4 Å². The topological polar surface area (TPSA) is 119 Å². The summed E-state index contributed by atoms with van der Waals surface area (Å²) < 4.78 is 1.39. The Labute approximate surface area is 131 Å². The molecule has 0 saturated carbocycles. The molecule has 0 radical (unpaired) electrons. The van der Waals surface area contributed by atoms with Crippen molar-refractivity contribution in [1.82, 2.24) is 9.55 Å². The van der Waals surface area contributed by atoms with Crippen molar-refractivity contribution >= 4 is 29.0 Å². The van der Waals surface area contributed by atoms with Gasteiger partial charge in [-0.15, -0.1) is 0 Å². The molecular formula is C14H15N5O4. The molecule has 2 N–H and O–H groups in total. The number of aromatic nitrogens is 2. The molecule has 9 heteroatoms. The van der Waals surface area contributed by atoms with Crippen LogP contribution in [-0.4, -0.2) is 26.3 Å². The molecule has 0 aliphatic carbocycles. The number of carbonyl (C=O) groups excluding carboxylic acids is 2. The van der Waals surface area contributed by atoms with Crippen LogP contribution in [0.5, 0.6) is 0 Å². The number of benzene rings is 1. The molecule has 0 aliphatic rings. The molecule has 0 aliphatic heterocycles. The molecule has 1 aromatic heterocycles. The van der Waals surface area contributed by atoms with Crippen LogP contribution >= 0.6 is 0 Å². The number of aryl methyl sites for hydroxylation is 1. The Morgan fingerprint density at radius 2 is 1.96 bits per heavy atom. The number of hydrogen-bond donors (Lipinski definition) is 2. The first-order chi connectivity index (χ1) is 10.8. The normalized spacial score (nSPS) is 10.2. The molecule has 0 fully saturated rings. The highest BCUT2D eigenvalue weighted by atomic mass is 16.6. The fourth-order valence-corrected chi connectivity index (χ4v) is 1.97. The Morgan fingerprint density at radius 3 is 2.52 bits per heavy atom. The lowest BCUT2D eigenvalue weighted by molar-refractivity contribution is -0.389. The van der Waals surface area contributed by atoms with Gasteiger partial charge in [0.1, 0.15) is 12.7 Å². The third-order valence-corrected chi connectivity index (χ3v) is 2.93. The van der Waals surface area contributed by atoms with Gasteiger partial charge in [0.05, 0.1) is 0 Å². The maximum absolute atomic E-state index is 12.0. The Bertz CT molecular complexity index is 768. The second kappa shape index (κ2) is 6.69. The van der Waals surface area contributed by atoms with Crippen LogP contribution in [-0.2, 0) is 16.1 Å². The predicted octanol–water partition coefficient (Wildman–Crippen LogP) is 1.70. The van der Waals surface area contributed by atoms with E-state index >= 15 is 0 Å². The zero-order valence-electron chi connectivity index (χ0n) is 12.6. The van der Waals surface area contributed by atoms with E-state index in [-0.39, 0.29) is 24.2 Å². The summed E-state index contributed by atoms with van der Waals surface area (Å²) in [5.41, 5.74) is 1.07. The molecule has 0 unspecified atom stereocenters. The minimum Gasteiger partial charge on any atom is -0.358 e. The highest BCUT2D eigenvalue weighted by Gasteiger charge is 2.17. The zero-order chi connectivity index (χ0) is 17.0. The Balaban J connectivity index is 2.05. The number of rotatable bonds is 5. The highest BCUT2D eigenvalue weighted by molar-refractivity contribution is 5.93. The monoisotopic (exact) mass is 317 g/mol. The SMILES string of the molecule is CC(=O)Nc1cccc(NC(=O)Cn2cc([N+](=O)[O-])nc2C)c1. The van der Waals surface area contributed by atoms with Crippen molar-refractivity contribution in [2.24, 2.45) is 0 Å². The van der Waals surface area contributed by atoms with Crippen molar-refractivity contribution in [3.63, 3.8) is 0 Å². The summed E-state index contributed by atoms with van der Waals surface area (Å²) in [4.78, 5) is 36.9. The van der Waals surface area contributed by atoms with E-state index in [0.29, 0.717) is 17.2 Å². The van der Waals surface area contributed by atoms with Crippen molar-refractivity contribution in [3.05, 3.63) is 46.4 Å². The molecule has 1 aromatic carbocycles. The van der Waals surface area contributed by atoms with Crippen LogP contribution in [0.1, 0.15) is 12.7 Å². The van der Waals surface area contributed by atoms with E-state index in [1.54, 1.807) is 31.2 Å². The third-order valence-electron chi connectivity index (χ3n) is 2.93. The lowest BCUT2D eigenvalue weighted by atomic mass is 10.2. The molecule has 0 saturated heterocycles. The van der Waals surface area contributed by atoms with E-state index in [2.05, 4.69) is 15.6 Å². The van der Waals surface area contributed by atoms with Gasteiger partial charge in [0, 0.05) is 25.2 Å². The Hall–Kier alpha value is -3.23. The first-order valence-corrected chi connectivity index (χ1v) is 6.71. The van der Waals surface area contributed by atoms with Gasteiger partial charge in [0.15, 0.2) is 0 Å². The van der Waals surface area contributed by atoms with Gasteiger partial charge in [-0.2, -0.15) is 0 Å². The second-order valence-electron chi connectivity index (χ2n) is 4.84. The van der Waals surface area contributed by atoms with E-state index in [1.165, 1.54) is 17.7 Å². The van der Waals surface area contributed by atoms with Crippen molar-refractivity contribution in [3.8, 4) is 0 Å². The van der Waals surface area contributed by atoms with Crippen LogP contribution in [0.2, 0.25) is 0 Å². The largest absolute Gasteiger partial charge is 0.381 e. The molecule has 2 aromatic rings. The smallest absolute Gasteiger partial charge is 0.358 e. The quantitative estimate of drug-likeness (QED) is 0.642. The molecule has 2 rings (SSSR count). The Morgan fingerprint density at radius 1 is 1.30 bits per heavy atom. The number of amides is 2. The molecule has 9 nitrogen and oxygen atoms in total. The standard InChI is InChI=1S/C14H15N5O4/c1-9-15-13(19(22)23)7-18(9)8-14(21)17-12-5-3-4-11(6-12)16-10(2)20/h3-7H,8H2,1-2H3,(H,16,20)(H,17,21). The summed E-state index contributed by atoms with van der Waals surface area (Å²) in [5.74, 6) is -0.503. The summed E-state index contributed by atoms with van der Waals surface area (Å²) in [7, 11) is 0. The van der Waals surface area contributed by atoms with E-state index in [1.807, 2.05) is 0 Å². The molecule has 0 bridgehead atoms. The molecule has 23 heavy (non-hydrogen) atoms. The fourth-order valence-electron chi connectivity index (χ4n) is 1.97. The van der Waals surface area contributed by atoms with E-state index in [9.17, 15) is 19.7 Å². The number of carbonyl (C=O) groups is 2. The third kappa shape index (κ3) is 4.37. The number of anilines is 2. The van der Waals surface area contributed by atoms with Crippen molar-refractivity contribution in [1.29, 1.82) is 0 Å². The predicted molar refractivity (Wildman–Crippen MR) is 83.0 cm³/mol. The minimum absolute atomic E-state index is 0.100. The Kier molecular flexibility index (Phi) is 4.69. The summed E-state index contributed by atoms with van der Waals surface area (Å²) in [6.45, 7) is 2.87. The lowest BCUT2D eigenvalue weighted by Crippen LogP contribution is -2.19. The number of imidazole rings is 1. The number of hydrogen-bond acceptors (Lipinski definition) is 5. The summed E-state index contributed by atoms with van der Waals surface area (Å²) in [6, 6.07) is 6.67. The zero-order valence-corrected chi connectivity index (χ0v) is 12.6. The molecule has 0 spiro atoms. The van der Waals surface area contributed by atoms with Crippen LogP contribution in [0.4, 0.5) is 17.2 Å². The summed E-state index contributed by atoms with van der Waals surface area (Å²) in [5, 5.41) is 15.9. The summed E-state index contributed by atoms with van der Waals surface area (Å²) in [6.07, 6.45) is 1.21. The van der Waals surface area contributed by atoms with E-state index in [0.717, 1.165) is 0 Å². The van der Waals surface area contributed by atoms with Gasteiger partial charge in [-0.05, 0) is 28.1 Å². The maximum atomic E-state index is 12.0. The van der Waals surface area contributed by atoms with E-state index < -0.39 is 4.92 Å². The van der Waals surface area contributed by atoms with Crippen LogP contribution in [0.3, 0.4) is 0 Å². The van der Waals surface area contributed by atoms with Gasteiger partial charge in [-0.3, -0.25) is 14.2 Å². The van der Waals surface area contributed by atoms with Crippen LogP contribution < -0.4 is 10.6 Å². The van der Waals surface area contributed by atoms with Gasteiger partial charge >= 0.3 is 5.82 Å². The van der Waals surface area contributed by atoms with Gasteiger partial charge in [0.25, 0.3) is 0 Å². The number of nitrogens with one attached hydrogen (secondary N) is 2. The van der Waals surface area contributed by atoms with Gasteiger partial charge < -0.3 is 20.7 Å². The average Bonchev–Trinajstić information content (AvgIpc) is 2.80. The van der Waals surface area contributed by atoms with Crippen LogP contribution in [0, 0.1) is 17.0 Å². The number of nitro groups is 1. The second-order valence-corrected chi connectivity index (χ2v) is 4.84. The number of nitrogens with zero attached hydrogens (tertiary/aromatic N) is 3. The van der Waals surface area contributed by atoms with Crippen molar-refractivity contribution < 1.29 is 14.5 Å².